The first-order valence-corrected chi connectivity index (χ1v) is 6.49. The fraction of sp³-hybridized carbons (Fsp3) is 0.571. The van der Waals surface area contributed by atoms with Crippen LogP contribution in [0.25, 0.3) is 0 Å². The minimum absolute atomic E-state index is 0.266. The van der Waals surface area contributed by atoms with Crippen LogP contribution in [-0.4, -0.2) is 13.1 Å². The molecule has 2 nitrogen and oxygen atoms in total. The number of unbranched alkanes of at least 4 members (excludes halogenated alkanes) is 2. The molecular weight excluding hydrogens is 215 g/mol. The lowest BCUT2D eigenvalue weighted by Crippen LogP contribution is -2.26. The van der Waals surface area contributed by atoms with Crippen molar-refractivity contribution < 1.29 is 4.39 Å². The van der Waals surface area contributed by atoms with Gasteiger partial charge in [-0.05, 0) is 31.0 Å². The number of hydrogen-bond donors (Lipinski definition) is 1. The maximum Gasteiger partial charge on any atom is 0.125 e. The van der Waals surface area contributed by atoms with Crippen molar-refractivity contribution in [1.82, 2.24) is 0 Å². The molecule has 0 bridgehead atoms. The lowest BCUT2D eigenvalue weighted by molar-refractivity contribution is 0.627. The molecule has 0 saturated heterocycles. The smallest absolute Gasteiger partial charge is 0.125 e. The minimum atomic E-state index is -0.266. The van der Waals surface area contributed by atoms with E-state index in [1.807, 2.05) is 0 Å². The van der Waals surface area contributed by atoms with Crippen LogP contribution >= 0.6 is 0 Å². The van der Waals surface area contributed by atoms with E-state index >= 15 is 0 Å². The van der Waals surface area contributed by atoms with E-state index in [0.717, 1.165) is 44.5 Å². The number of rotatable bonds is 7. The highest BCUT2D eigenvalue weighted by Gasteiger charge is 2.09. The maximum absolute atomic E-state index is 13.0. The lowest BCUT2D eigenvalue weighted by atomic mass is 10.2. The van der Waals surface area contributed by atoms with Crippen LogP contribution in [0.3, 0.4) is 0 Å². The Kier molecular flexibility index (Phi) is 5.81. The zero-order valence-electron chi connectivity index (χ0n) is 10.9. The first-order valence-electron chi connectivity index (χ1n) is 6.49. The molecule has 1 aromatic carbocycles. The Hall–Kier alpha value is -1.25. The molecule has 0 saturated carbocycles. The van der Waals surface area contributed by atoms with Gasteiger partial charge in [0.15, 0.2) is 0 Å². The topological polar surface area (TPSA) is 29.3 Å². The molecule has 0 fully saturated rings. The van der Waals surface area contributed by atoms with Crippen LogP contribution < -0.4 is 10.6 Å². The highest BCUT2D eigenvalue weighted by molar-refractivity contribution is 5.67. The van der Waals surface area contributed by atoms with Crippen molar-refractivity contribution in [1.29, 1.82) is 0 Å². The Morgan fingerprint density at radius 2 is 1.71 bits per heavy atom. The van der Waals surface area contributed by atoms with Gasteiger partial charge in [-0.25, -0.2) is 4.39 Å². The predicted molar refractivity (Wildman–Crippen MR) is 72.8 cm³/mol. The van der Waals surface area contributed by atoms with E-state index in [1.165, 1.54) is 12.1 Å². The van der Waals surface area contributed by atoms with Crippen molar-refractivity contribution in [3.63, 3.8) is 0 Å². The van der Waals surface area contributed by atoms with Crippen LogP contribution in [0, 0.1) is 5.82 Å². The Morgan fingerprint density at radius 1 is 1.12 bits per heavy atom. The van der Waals surface area contributed by atoms with Crippen LogP contribution in [-0.2, 0) is 0 Å². The Labute approximate surface area is 104 Å². The number of anilines is 2. The van der Waals surface area contributed by atoms with E-state index in [0.29, 0.717) is 5.69 Å². The first kappa shape index (κ1) is 13.8. The average Bonchev–Trinajstić information content (AvgIpc) is 2.30. The summed E-state index contributed by atoms with van der Waals surface area (Å²) in [6.45, 7) is 6.33. The molecule has 0 atom stereocenters. The van der Waals surface area contributed by atoms with Crippen molar-refractivity contribution in [2.45, 2.75) is 39.5 Å². The van der Waals surface area contributed by atoms with Crippen molar-refractivity contribution in [3.05, 3.63) is 24.0 Å². The lowest BCUT2D eigenvalue weighted by Gasteiger charge is -2.26. The maximum atomic E-state index is 13.0. The van der Waals surface area contributed by atoms with Crippen LogP contribution in [0.4, 0.5) is 15.8 Å². The molecule has 0 amide bonds. The second kappa shape index (κ2) is 7.15. The van der Waals surface area contributed by atoms with Gasteiger partial charge in [0.25, 0.3) is 0 Å². The number of nitrogens with zero attached hydrogens (tertiary/aromatic N) is 1. The molecule has 0 aliphatic rings. The van der Waals surface area contributed by atoms with E-state index in [9.17, 15) is 4.39 Å². The van der Waals surface area contributed by atoms with Crippen LogP contribution in [0.5, 0.6) is 0 Å². The van der Waals surface area contributed by atoms with Gasteiger partial charge in [0.05, 0.1) is 11.4 Å². The van der Waals surface area contributed by atoms with E-state index in [4.69, 9.17) is 5.73 Å². The molecule has 1 aromatic rings. The molecule has 3 heteroatoms. The van der Waals surface area contributed by atoms with Crippen molar-refractivity contribution >= 4 is 11.4 Å². The van der Waals surface area contributed by atoms with Gasteiger partial charge in [-0.15, -0.1) is 0 Å². The summed E-state index contributed by atoms with van der Waals surface area (Å²) < 4.78 is 13.0. The predicted octanol–water partition coefficient (Wildman–Crippen LogP) is 3.81. The van der Waals surface area contributed by atoms with E-state index in [2.05, 4.69) is 18.7 Å². The van der Waals surface area contributed by atoms with Crippen molar-refractivity contribution in [2.24, 2.45) is 0 Å². The molecular formula is C14H23FN2. The number of benzene rings is 1. The highest BCUT2D eigenvalue weighted by Crippen LogP contribution is 2.24. The second-order valence-electron chi connectivity index (χ2n) is 4.40. The molecule has 0 aliphatic heterocycles. The van der Waals surface area contributed by atoms with Gasteiger partial charge in [0, 0.05) is 13.1 Å². The summed E-state index contributed by atoms with van der Waals surface area (Å²) in [5.74, 6) is -0.266. The average molecular weight is 238 g/mol. The molecule has 0 spiro atoms. The van der Waals surface area contributed by atoms with Gasteiger partial charge in [-0.1, -0.05) is 26.7 Å². The molecule has 17 heavy (non-hydrogen) atoms. The Bertz CT molecular complexity index is 331. The van der Waals surface area contributed by atoms with Crippen LogP contribution in [0.1, 0.15) is 39.5 Å². The minimum Gasteiger partial charge on any atom is -0.397 e. The Balaban J connectivity index is 2.79. The molecule has 0 unspecified atom stereocenters. The normalized spacial score (nSPS) is 10.5. The van der Waals surface area contributed by atoms with Gasteiger partial charge in [0.1, 0.15) is 5.82 Å². The van der Waals surface area contributed by atoms with E-state index < -0.39 is 0 Å². The van der Waals surface area contributed by atoms with Crippen molar-refractivity contribution in [3.8, 4) is 0 Å². The Morgan fingerprint density at radius 3 is 2.18 bits per heavy atom. The number of nitrogens with two attached hydrogens (primary N) is 1. The number of halogens is 1. The highest BCUT2D eigenvalue weighted by atomic mass is 19.1. The molecule has 96 valence electrons. The summed E-state index contributed by atoms with van der Waals surface area (Å²) in [4.78, 5) is 2.27. The standard InChI is InChI=1S/C14H23FN2/c1-3-5-9-17(10-6-4-2)14-8-7-12(15)11-13(14)16/h7-8,11H,3-6,9-10,16H2,1-2H3. The van der Waals surface area contributed by atoms with E-state index in [1.54, 1.807) is 6.07 Å². The molecule has 1 rings (SSSR count). The van der Waals surface area contributed by atoms with Gasteiger partial charge in [0.2, 0.25) is 0 Å². The van der Waals surface area contributed by atoms with Gasteiger partial charge in [-0.3, -0.25) is 0 Å². The molecule has 0 aromatic heterocycles. The summed E-state index contributed by atoms with van der Waals surface area (Å²) in [7, 11) is 0. The third-order valence-electron chi connectivity index (χ3n) is 2.89. The quantitative estimate of drug-likeness (QED) is 0.732. The molecule has 0 aliphatic carbocycles. The third-order valence-corrected chi connectivity index (χ3v) is 2.89. The summed E-state index contributed by atoms with van der Waals surface area (Å²) >= 11 is 0. The number of nitrogen functional groups attached to an aromatic ring is 1. The fourth-order valence-corrected chi connectivity index (χ4v) is 1.86. The van der Waals surface area contributed by atoms with Crippen LogP contribution in [0.15, 0.2) is 18.2 Å². The molecule has 0 heterocycles. The van der Waals surface area contributed by atoms with Gasteiger partial charge in [-0.2, -0.15) is 0 Å². The summed E-state index contributed by atoms with van der Waals surface area (Å²) in [6, 6.07) is 4.67. The summed E-state index contributed by atoms with van der Waals surface area (Å²) in [5, 5.41) is 0. The van der Waals surface area contributed by atoms with Gasteiger partial charge >= 0.3 is 0 Å². The zero-order valence-corrected chi connectivity index (χ0v) is 10.9. The van der Waals surface area contributed by atoms with Crippen LogP contribution in [0.2, 0.25) is 0 Å². The second-order valence-corrected chi connectivity index (χ2v) is 4.40. The molecule has 0 radical (unpaired) electrons. The SMILES string of the molecule is CCCCN(CCCC)c1ccc(F)cc1N. The first-order chi connectivity index (χ1) is 8.19. The monoisotopic (exact) mass is 238 g/mol. The third kappa shape index (κ3) is 4.25. The summed E-state index contributed by atoms with van der Waals surface area (Å²) in [6.07, 6.45) is 4.59. The zero-order chi connectivity index (χ0) is 12.7. The summed E-state index contributed by atoms with van der Waals surface area (Å²) in [5.41, 5.74) is 7.39. The largest absolute Gasteiger partial charge is 0.397 e. The fourth-order valence-electron chi connectivity index (χ4n) is 1.86. The number of hydrogen-bond acceptors (Lipinski definition) is 2. The van der Waals surface area contributed by atoms with Crippen molar-refractivity contribution in [2.75, 3.05) is 23.7 Å². The van der Waals surface area contributed by atoms with Gasteiger partial charge < -0.3 is 10.6 Å². The molecule has 2 N–H and O–H groups in total. The van der Waals surface area contributed by atoms with E-state index in [-0.39, 0.29) is 5.82 Å².